The van der Waals surface area contributed by atoms with Gasteiger partial charge in [-0.2, -0.15) is 0 Å². The first kappa shape index (κ1) is 11.7. The third kappa shape index (κ3) is 2.56. The Labute approximate surface area is 113 Å². The normalized spacial score (nSPS) is 14.9. The molecule has 0 saturated heterocycles. The molecular formula is C13H13BrN2O2. The number of amides is 1. The van der Waals surface area contributed by atoms with Crippen LogP contribution in [0.25, 0.3) is 10.9 Å². The van der Waals surface area contributed by atoms with Crippen LogP contribution in [0.4, 0.5) is 0 Å². The molecule has 94 valence electrons. The molecule has 18 heavy (non-hydrogen) atoms. The molecule has 0 atom stereocenters. The summed E-state index contributed by atoms with van der Waals surface area (Å²) in [6.07, 6.45) is 2.73. The fourth-order valence-electron chi connectivity index (χ4n) is 1.89. The minimum atomic E-state index is 0.00266. The van der Waals surface area contributed by atoms with E-state index in [1.54, 1.807) is 0 Å². The SMILES string of the molecule is O=C(Cc1onc2cc(Br)ccc12)NCC1CC1. The van der Waals surface area contributed by atoms with E-state index in [4.69, 9.17) is 4.52 Å². The molecule has 1 aliphatic rings. The second-order valence-corrected chi connectivity index (χ2v) is 5.61. The van der Waals surface area contributed by atoms with Crippen molar-refractivity contribution in [2.45, 2.75) is 19.3 Å². The maximum absolute atomic E-state index is 11.7. The maximum atomic E-state index is 11.7. The zero-order chi connectivity index (χ0) is 12.5. The van der Waals surface area contributed by atoms with Crippen molar-refractivity contribution in [3.8, 4) is 0 Å². The lowest BCUT2D eigenvalue weighted by Crippen LogP contribution is -2.26. The van der Waals surface area contributed by atoms with E-state index in [0.29, 0.717) is 11.7 Å². The summed E-state index contributed by atoms with van der Waals surface area (Å²) in [7, 11) is 0. The highest BCUT2D eigenvalue weighted by atomic mass is 79.9. The smallest absolute Gasteiger partial charge is 0.227 e. The molecule has 1 N–H and O–H groups in total. The number of halogens is 1. The number of hydrogen-bond acceptors (Lipinski definition) is 3. The number of fused-ring (bicyclic) bond motifs is 1. The minimum Gasteiger partial charge on any atom is -0.360 e. The highest BCUT2D eigenvalue weighted by Gasteiger charge is 2.22. The molecule has 0 spiro atoms. The standard InChI is InChI=1S/C13H13BrN2O2/c14-9-3-4-10-11(5-9)16-18-12(10)6-13(17)15-7-8-1-2-8/h3-5,8H,1-2,6-7H2,(H,15,17). The van der Waals surface area contributed by atoms with Gasteiger partial charge in [0.2, 0.25) is 5.91 Å². The Morgan fingerprint density at radius 1 is 1.50 bits per heavy atom. The van der Waals surface area contributed by atoms with Crippen LogP contribution in [-0.4, -0.2) is 17.6 Å². The van der Waals surface area contributed by atoms with E-state index in [9.17, 15) is 4.79 Å². The van der Waals surface area contributed by atoms with Crippen molar-refractivity contribution in [3.63, 3.8) is 0 Å². The van der Waals surface area contributed by atoms with Gasteiger partial charge in [0.05, 0.1) is 6.42 Å². The Balaban J connectivity index is 1.71. The van der Waals surface area contributed by atoms with Gasteiger partial charge in [0, 0.05) is 16.4 Å². The maximum Gasteiger partial charge on any atom is 0.227 e. The number of rotatable bonds is 4. The number of carbonyl (C=O) groups excluding carboxylic acids is 1. The predicted octanol–water partition coefficient (Wildman–Crippen LogP) is 2.66. The molecule has 0 aliphatic heterocycles. The molecule has 1 fully saturated rings. The molecule has 1 aliphatic carbocycles. The quantitative estimate of drug-likeness (QED) is 0.944. The predicted molar refractivity (Wildman–Crippen MR) is 71.1 cm³/mol. The topological polar surface area (TPSA) is 55.1 Å². The molecule has 1 amide bonds. The molecule has 5 heteroatoms. The van der Waals surface area contributed by atoms with Crippen molar-refractivity contribution in [1.82, 2.24) is 10.5 Å². The molecule has 4 nitrogen and oxygen atoms in total. The molecule has 2 aromatic rings. The number of aromatic nitrogens is 1. The van der Waals surface area contributed by atoms with E-state index in [1.807, 2.05) is 18.2 Å². The first-order chi connectivity index (χ1) is 8.72. The van der Waals surface area contributed by atoms with Gasteiger partial charge in [0.15, 0.2) is 5.76 Å². The summed E-state index contributed by atoms with van der Waals surface area (Å²) < 4.78 is 6.18. The van der Waals surface area contributed by atoms with Gasteiger partial charge < -0.3 is 9.84 Å². The second kappa shape index (κ2) is 4.72. The average Bonchev–Trinajstić information content (AvgIpc) is 3.10. The zero-order valence-electron chi connectivity index (χ0n) is 9.78. The summed E-state index contributed by atoms with van der Waals surface area (Å²) >= 11 is 3.38. The minimum absolute atomic E-state index is 0.00266. The van der Waals surface area contributed by atoms with Gasteiger partial charge in [-0.1, -0.05) is 21.1 Å². The Bertz CT molecular complexity index is 590. The van der Waals surface area contributed by atoms with Crippen LogP contribution in [0.2, 0.25) is 0 Å². The van der Waals surface area contributed by atoms with Gasteiger partial charge in [-0.05, 0) is 37.0 Å². The number of benzene rings is 1. The van der Waals surface area contributed by atoms with E-state index in [1.165, 1.54) is 12.8 Å². The van der Waals surface area contributed by atoms with Crippen LogP contribution in [0.1, 0.15) is 18.6 Å². The number of nitrogens with one attached hydrogen (secondary N) is 1. The summed E-state index contributed by atoms with van der Waals surface area (Å²) in [6, 6.07) is 5.72. The van der Waals surface area contributed by atoms with Gasteiger partial charge in [-0.25, -0.2) is 0 Å². The zero-order valence-corrected chi connectivity index (χ0v) is 11.4. The van der Waals surface area contributed by atoms with Crippen LogP contribution in [0.3, 0.4) is 0 Å². The second-order valence-electron chi connectivity index (χ2n) is 4.69. The van der Waals surface area contributed by atoms with E-state index in [-0.39, 0.29) is 12.3 Å². The number of nitrogens with zero attached hydrogens (tertiary/aromatic N) is 1. The van der Waals surface area contributed by atoms with Crippen molar-refractivity contribution in [1.29, 1.82) is 0 Å². The lowest BCUT2D eigenvalue weighted by Gasteiger charge is -2.01. The van der Waals surface area contributed by atoms with Crippen molar-refractivity contribution in [2.24, 2.45) is 5.92 Å². The summed E-state index contributed by atoms with van der Waals surface area (Å²) in [5.74, 6) is 1.32. The number of carbonyl (C=O) groups is 1. The molecule has 3 rings (SSSR count). The molecule has 0 bridgehead atoms. The highest BCUT2D eigenvalue weighted by Crippen LogP contribution is 2.27. The van der Waals surface area contributed by atoms with E-state index in [0.717, 1.165) is 21.9 Å². The molecule has 0 unspecified atom stereocenters. The lowest BCUT2D eigenvalue weighted by molar-refractivity contribution is -0.120. The van der Waals surface area contributed by atoms with Gasteiger partial charge in [-0.15, -0.1) is 0 Å². The monoisotopic (exact) mass is 308 g/mol. The Hall–Kier alpha value is -1.36. The Morgan fingerprint density at radius 2 is 2.33 bits per heavy atom. The Morgan fingerprint density at radius 3 is 3.11 bits per heavy atom. The summed E-state index contributed by atoms with van der Waals surface area (Å²) in [6.45, 7) is 0.788. The van der Waals surface area contributed by atoms with Gasteiger partial charge in [0.1, 0.15) is 5.52 Å². The third-order valence-electron chi connectivity index (χ3n) is 3.12. The van der Waals surface area contributed by atoms with Crippen LogP contribution < -0.4 is 5.32 Å². The van der Waals surface area contributed by atoms with Gasteiger partial charge in [-0.3, -0.25) is 4.79 Å². The van der Waals surface area contributed by atoms with Crippen molar-refractivity contribution in [2.75, 3.05) is 6.54 Å². The van der Waals surface area contributed by atoms with Crippen LogP contribution in [0, 0.1) is 5.92 Å². The highest BCUT2D eigenvalue weighted by molar-refractivity contribution is 9.10. The van der Waals surface area contributed by atoms with Crippen LogP contribution in [-0.2, 0) is 11.2 Å². The van der Waals surface area contributed by atoms with Gasteiger partial charge in [0.25, 0.3) is 0 Å². The van der Waals surface area contributed by atoms with Crippen LogP contribution in [0.15, 0.2) is 27.2 Å². The summed E-state index contributed by atoms with van der Waals surface area (Å²) in [5.41, 5.74) is 0.773. The van der Waals surface area contributed by atoms with Crippen molar-refractivity contribution < 1.29 is 9.32 Å². The van der Waals surface area contributed by atoms with E-state index < -0.39 is 0 Å². The van der Waals surface area contributed by atoms with Crippen LogP contribution >= 0.6 is 15.9 Å². The van der Waals surface area contributed by atoms with Crippen LogP contribution in [0.5, 0.6) is 0 Å². The lowest BCUT2D eigenvalue weighted by atomic mass is 10.2. The molecule has 1 heterocycles. The summed E-state index contributed by atoms with van der Waals surface area (Å²) in [4.78, 5) is 11.7. The van der Waals surface area contributed by atoms with E-state index in [2.05, 4.69) is 26.4 Å². The summed E-state index contributed by atoms with van der Waals surface area (Å²) in [5, 5.41) is 7.78. The van der Waals surface area contributed by atoms with Crippen molar-refractivity contribution in [3.05, 3.63) is 28.4 Å². The molecule has 1 saturated carbocycles. The Kier molecular flexibility index (Phi) is 3.07. The first-order valence-electron chi connectivity index (χ1n) is 6.03. The molecule has 1 aromatic heterocycles. The molecule has 0 radical (unpaired) electrons. The molecule has 1 aromatic carbocycles. The largest absolute Gasteiger partial charge is 0.360 e. The first-order valence-corrected chi connectivity index (χ1v) is 6.82. The fourth-order valence-corrected chi connectivity index (χ4v) is 2.23. The average molecular weight is 309 g/mol. The third-order valence-corrected chi connectivity index (χ3v) is 3.61. The van der Waals surface area contributed by atoms with Gasteiger partial charge >= 0.3 is 0 Å². The number of hydrogen-bond donors (Lipinski definition) is 1. The molecular weight excluding hydrogens is 296 g/mol. The van der Waals surface area contributed by atoms with E-state index >= 15 is 0 Å². The fraction of sp³-hybridized carbons (Fsp3) is 0.385. The van der Waals surface area contributed by atoms with Crippen molar-refractivity contribution >= 4 is 32.7 Å².